The van der Waals surface area contributed by atoms with Crippen LogP contribution in [0.1, 0.15) is 42.6 Å². The normalized spacial score (nSPS) is 14.7. The van der Waals surface area contributed by atoms with Gasteiger partial charge in [-0.05, 0) is 43.5 Å². The minimum Gasteiger partial charge on any atom is -0.478 e. The van der Waals surface area contributed by atoms with Crippen LogP contribution in [-0.4, -0.2) is 36.1 Å². The fraction of sp³-hybridized carbons (Fsp3) is 0.500. The zero-order valence-corrected chi connectivity index (χ0v) is 12.6. The number of hydrogen-bond acceptors (Lipinski definition) is 3. The van der Waals surface area contributed by atoms with Crippen LogP contribution in [0.4, 0.5) is 5.69 Å². The van der Waals surface area contributed by atoms with Gasteiger partial charge < -0.3 is 15.3 Å². The molecule has 114 valence electrons. The van der Waals surface area contributed by atoms with E-state index in [4.69, 9.17) is 5.11 Å². The van der Waals surface area contributed by atoms with E-state index in [1.807, 2.05) is 11.8 Å². The zero-order valence-electron chi connectivity index (χ0n) is 12.6. The summed E-state index contributed by atoms with van der Waals surface area (Å²) in [5.74, 6) is -0.895. The predicted octanol–water partition coefficient (Wildman–Crippen LogP) is 2.05. The van der Waals surface area contributed by atoms with Gasteiger partial charge in [-0.3, -0.25) is 4.79 Å². The molecule has 0 aliphatic carbocycles. The minimum atomic E-state index is -0.914. The van der Waals surface area contributed by atoms with E-state index in [0.29, 0.717) is 12.1 Å². The average molecular weight is 290 g/mol. The van der Waals surface area contributed by atoms with E-state index in [2.05, 4.69) is 12.2 Å². The molecule has 1 aromatic rings. The summed E-state index contributed by atoms with van der Waals surface area (Å²) in [5, 5.41) is 12.0. The number of aromatic carboxylic acids is 1. The monoisotopic (exact) mass is 290 g/mol. The standard InChI is InChI=1S/C16H22N2O3/c1-3-4-11(2)17-15(19)10-18-8-7-12-9-13(16(20)21)5-6-14(12)18/h5-6,9,11H,3-4,7-8,10H2,1-2H3,(H,17,19)(H,20,21). The lowest BCUT2D eigenvalue weighted by Crippen LogP contribution is -2.40. The Kier molecular flexibility index (Phi) is 4.83. The molecule has 2 N–H and O–H groups in total. The predicted molar refractivity (Wildman–Crippen MR) is 81.8 cm³/mol. The Hall–Kier alpha value is -2.04. The van der Waals surface area contributed by atoms with Crippen LogP contribution in [0.2, 0.25) is 0 Å². The Morgan fingerprint density at radius 3 is 2.86 bits per heavy atom. The molecule has 1 heterocycles. The highest BCUT2D eigenvalue weighted by molar-refractivity contribution is 5.89. The van der Waals surface area contributed by atoms with E-state index in [0.717, 1.165) is 37.1 Å². The van der Waals surface area contributed by atoms with E-state index in [1.165, 1.54) is 0 Å². The number of benzene rings is 1. The van der Waals surface area contributed by atoms with Crippen LogP contribution in [0.25, 0.3) is 0 Å². The van der Waals surface area contributed by atoms with Crippen molar-refractivity contribution in [3.05, 3.63) is 29.3 Å². The van der Waals surface area contributed by atoms with Crippen molar-refractivity contribution in [3.8, 4) is 0 Å². The second-order valence-electron chi connectivity index (χ2n) is 5.58. The van der Waals surface area contributed by atoms with E-state index < -0.39 is 5.97 Å². The third kappa shape index (κ3) is 3.74. The molecule has 0 fully saturated rings. The van der Waals surface area contributed by atoms with Crippen molar-refractivity contribution in [3.63, 3.8) is 0 Å². The number of hydrogen-bond donors (Lipinski definition) is 2. The lowest BCUT2D eigenvalue weighted by atomic mass is 10.1. The third-order valence-electron chi connectivity index (χ3n) is 3.78. The minimum absolute atomic E-state index is 0.0195. The van der Waals surface area contributed by atoms with Gasteiger partial charge in [-0.2, -0.15) is 0 Å². The lowest BCUT2D eigenvalue weighted by Gasteiger charge is -2.20. The van der Waals surface area contributed by atoms with Crippen LogP contribution in [0.3, 0.4) is 0 Å². The summed E-state index contributed by atoms with van der Waals surface area (Å²) in [6, 6.07) is 5.29. The van der Waals surface area contributed by atoms with Gasteiger partial charge >= 0.3 is 5.97 Å². The number of carbonyl (C=O) groups excluding carboxylic acids is 1. The number of carboxylic acids is 1. The molecule has 0 aromatic heterocycles. The Balaban J connectivity index is 1.99. The fourth-order valence-electron chi connectivity index (χ4n) is 2.77. The van der Waals surface area contributed by atoms with Crippen LogP contribution < -0.4 is 10.2 Å². The highest BCUT2D eigenvalue weighted by Crippen LogP contribution is 2.28. The van der Waals surface area contributed by atoms with E-state index >= 15 is 0 Å². The molecular weight excluding hydrogens is 268 g/mol. The highest BCUT2D eigenvalue weighted by atomic mass is 16.4. The van der Waals surface area contributed by atoms with E-state index in [-0.39, 0.29) is 11.9 Å². The lowest BCUT2D eigenvalue weighted by molar-refractivity contribution is -0.120. The van der Waals surface area contributed by atoms with Gasteiger partial charge in [0.15, 0.2) is 0 Å². The molecule has 0 saturated heterocycles. The summed E-state index contributed by atoms with van der Waals surface area (Å²) in [4.78, 5) is 25.0. The molecule has 0 radical (unpaired) electrons. The summed E-state index contributed by atoms with van der Waals surface area (Å²) >= 11 is 0. The van der Waals surface area contributed by atoms with Crippen LogP contribution in [0.5, 0.6) is 0 Å². The second-order valence-corrected chi connectivity index (χ2v) is 5.58. The van der Waals surface area contributed by atoms with E-state index in [9.17, 15) is 9.59 Å². The first kappa shape index (κ1) is 15.4. The Bertz CT molecular complexity index is 542. The number of carboxylic acid groups (broad SMARTS) is 1. The summed E-state index contributed by atoms with van der Waals surface area (Å²) in [6.45, 7) is 5.19. The number of amides is 1. The van der Waals surface area contributed by atoms with Gasteiger partial charge in [0.25, 0.3) is 0 Å². The van der Waals surface area contributed by atoms with Crippen molar-refractivity contribution in [2.45, 2.75) is 39.2 Å². The molecule has 5 heteroatoms. The maximum Gasteiger partial charge on any atom is 0.335 e. The van der Waals surface area contributed by atoms with Crippen molar-refractivity contribution in [2.24, 2.45) is 0 Å². The molecule has 0 spiro atoms. The molecule has 0 saturated carbocycles. The van der Waals surface area contributed by atoms with Crippen LogP contribution in [-0.2, 0) is 11.2 Å². The molecule has 1 atom stereocenters. The molecule has 2 rings (SSSR count). The quantitative estimate of drug-likeness (QED) is 0.841. The fourth-order valence-corrected chi connectivity index (χ4v) is 2.77. The highest BCUT2D eigenvalue weighted by Gasteiger charge is 2.22. The molecule has 1 aromatic carbocycles. The van der Waals surface area contributed by atoms with E-state index in [1.54, 1.807) is 18.2 Å². The smallest absolute Gasteiger partial charge is 0.335 e. The summed E-state index contributed by atoms with van der Waals surface area (Å²) in [7, 11) is 0. The maximum atomic E-state index is 12.0. The topological polar surface area (TPSA) is 69.6 Å². The molecule has 1 aliphatic rings. The van der Waals surface area contributed by atoms with Crippen LogP contribution in [0.15, 0.2) is 18.2 Å². The first-order valence-electron chi connectivity index (χ1n) is 7.41. The Morgan fingerprint density at radius 1 is 1.43 bits per heavy atom. The first-order valence-corrected chi connectivity index (χ1v) is 7.41. The number of fused-ring (bicyclic) bond motifs is 1. The largest absolute Gasteiger partial charge is 0.478 e. The molecule has 5 nitrogen and oxygen atoms in total. The van der Waals surface area contributed by atoms with Gasteiger partial charge in [0, 0.05) is 18.3 Å². The molecule has 21 heavy (non-hydrogen) atoms. The van der Waals surface area contributed by atoms with Gasteiger partial charge in [0.05, 0.1) is 12.1 Å². The number of nitrogens with zero attached hydrogens (tertiary/aromatic N) is 1. The molecule has 1 amide bonds. The molecule has 1 aliphatic heterocycles. The SMILES string of the molecule is CCCC(C)NC(=O)CN1CCc2cc(C(=O)O)ccc21. The number of rotatable bonds is 6. The Morgan fingerprint density at radius 2 is 2.19 bits per heavy atom. The number of nitrogens with one attached hydrogen (secondary N) is 1. The van der Waals surface area contributed by atoms with Gasteiger partial charge in [-0.1, -0.05) is 13.3 Å². The third-order valence-corrected chi connectivity index (χ3v) is 3.78. The second kappa shape index (κ2) is 6.61. The number of carbonyl (C=O) groups is 2. The molecular formula is C16H22N2O3. The summed E-state index contributed by atoms with van der Waals surface area (Å²) in [5.41, 5.74) is 2.28. The van der Waals surface area contributed by atoms with Gasteiger partial charge in [0.2, 0.25) is 5.91 Å². The zero-order chi connectivity index (χ0) is 15.4. The molecule has 1 unspecified atom stereocenters. The average Bonchev–Trinajstić information content (AvgIpc) is 2.81. The van der Waals surface area contributed by atoms with Gasteiger partial charge in [0.1, 0.15) is 0 Å². The van der Waals surface area contributed by atoms with Crippen LogP contribution >= 0.6 is 0 Å². The van der Waals surface area contributed by atoms with Crippen molar-refractivity contribution in [1.29, 1.82) is 0 Å². The maximum absolute atomic E-state index is 12.0. The van der Waals surface area contributed by atoms with Crippen molar-refractivity contribution in [1.82, 2.24) is 5.32 Å². The summed E-state index contributed by atoms with van der Waals surface area (Å²) < 4.78 is 0. The van der Waals surface area contributed by atoms with Crippen molar-refractivity contribution >= 4 is 17.6 Å². The van der Waals surface area contributed by atoms with Gasteiger partial charge in [-0.25, -0.2) is 4.79 Å². The van der Waals surface area contributed by atoms with Crippen molar-refractivity contribution < 1.29 is 14.7 Å². The summed E-state index contributed by atoms with van der Waals surface area (Å²) in [6.07, 6.45) is 2.81. The van der Waals surface area contributed by atoms with Gasteiger partial charge in [-0.15, -0.1) is 0 Å². The first-order chi connectivity index (χ1) is 10.0. The van der Waals surface area contributed by atoms with Crippen LogP contribution in [0, 0.1) is 0 Å². The molecule has 0 bridgehead atoms. The Labute approximate surface area is 125 Å². The van der Waals surface area contributed by atoms with Crippen molar-refractivity contribution in [2.75, 3.05) is 18.0 Å². The number of anilines is 1.